The number of para-hydroxylation sites is 2. The third-order valence-corrected chi connectivity index (χ3v) is 5.82. The summed E-state index contributed by atoms with van der Waals surface area (Å²) in [5, 5.41) is 6.30. The average molecular weight is 395 g/mol. The van der Waals surface area contributed by atoms with Gasteiger partial charge in [-0.25, -0.2) is 8.42 Å². The fourth-order valence-electron chi connectivity index (χ4n) is 2.73. The topological polar surface area (TPSA) is 120 Å². The van der Waals surface area contributed by atoms with E-state index in [1.165, 1.54) is 20.8 Å². The highest BCUT2D eigenvalue weighted by Crippen LogP contribution is 2.30. The fraction of sp³-hybridized carbons (Fsp3) is 0.412. The van der Waals surface area contributed by atoms with Gasteiger partial charge >= 0.3 is 0 Å². The SMILES string of the molecule is Cc1noc(C)c1S(=O)(=O)N[C@@H](C)C(=O)NCC1COc2ccccc2O1. The first-order valence-electron chi connectivity index (χ1n) is 8.39. The Morgan fingerprint density at radius 3 is 2.67 bits per heavy atom. The Labute approximate surface area is 157 Å². The standard InChI is InChI=1S/C17H21N3O6S/c1-10-16(12(3)26-19-10)27(22,23)20-11(2)17(21)18-8-13-9-24-14-6-4-5-7-15(14)25-13/h4-7,11,13,20H,8-9H2,1-3H3,(H,18,21)/t11-,13?/m0/s1. The van der Waals surface area contributed by atoms with Crippen LogP contribution in [-0.2, 0) is 14.8 Å². The highest BCUT2D eigenvalue weighted by atomic mass is 32.2. The Kier molecular flexibility index (Phi) is 5.38. The minimum absolute atomic E-state index is 0.0530. The first-order valence-corrected chi connectivity index (χ1v) is 9.87. The van der Waals surface area contributed by atoms with Gasteiger partial charge in [0, 0.05) is 0 Å². The van der Waals surface area contributed by atoms with Crippen LogP contribution in [0.1, 0.15) is 18.4 Å². The summed E-state index contributed by atoms with van der Waals surface area (Å²) in [6, 6.07) is 6.27. The van der Waals surface area contributed by atoms with Crippen molar-refractivity contribution < 1.29 is 27.2 Å². The van der Waals surface area contributed by atoms with Crippen LogP contribution in [0.5, 0.6) is 11.5 Å². The molecule has 3 rings (SSSR count). The zero-order valence-electron chi connectivity index (χ0n) is 15.2. The van der Waals surface area contributed by atoms with E-state index >= 15 is 0 Å². The van der Waals surface area contributed by atoms with Crippen molar-refractivity contribution in [3.8, 4) is 11.5 Å². The molecule has 1 aliphatic heterocycles. The number of nitrogens with zero attached hydrogens (tertiary/aromatic N) is 1. The fourth-order valence-corrected chi connectivity index (χ4v) is 4.27. The molecular weight excluding hydrogens is 374 g/mol. The lowest BCUT2D eigenvalue weighted by Crippen LogP contribution is -2.48. The van der Waals surface area contributed by atoms with Crippen LogP contribution in [0.2, 0.25) is 0 Å². The Morgan fingerprint density at radius 1 is 1.30 bits per heavy atom. The molecule has 2 atom stereocenters. The molecule has 0 saturated carbocycles. The van der Waals surface area contributed by atoms with Gasteiger partial charge in [0.2, 0.25) is 15.9 Å². The minimum Gasteiger partial charge on any atom is -0.486 e. The molecule has 0 radical (unpaired) electrons. The number of rotatable bonds is 6. The second-order valence-electron chi connectivity index (χ2n) is 6.24. The summed E-state index contributed by atoms with van der Waals surface area (Å²) in [6.45, 7) is 4.95. The maximum absolute atomic E-state index is 12.5. The van der Waals surface area contributed by atoms with Crippen molar-refractivity contribution >= 4 is 15.9 Å². The largest absolute Gasteiger partial charge is 0.486 e. The molecule has 1 aromatic heterocycles. The lowest BCUT2D eigenvalue weighted by atomic mass is 10.2. The second-order valence-corrected chi connectivity index (χ2v) is 7.89. The smallest absolute Gasteiger partial charge is 0.246 e. The third-order valence-electron chi connectivity index (χ3n) is 4.03. The van der Waals surface area contributed by atoms with Crippen LogP contribution in [0.25, 0.3) is 0 Å². The van der Waals surface area contributed by atoms with E-state index < -0.39 is 22.0 Å². The number of amides is 1. The van der Waals surface area contributed by atoms with Gasteiger partial charge in [0.25, 0.3) is 0 Å². The maximum atomic E-state index is 12.5. The summed E-state index contributed by atoms with van der Waals surface area (Å²) in [6.07, 6.45) is -0.366. The number of aromatic nitrogens is 1. The van der Waals surface area contributed by atoms with Crippen molar-refractivity contribution in [3.63, 3.8) is 0 Å². The van der Waals surface area contributed by atoms with Gasteiger partial charge < -0.3 is 19.3 Å². The van der Waals surface area contributed by atoms with E-state index in [1.54, 1.807) is 12.1 Å². The molecule has 146 valence electrons. The van der Waals surface area contributed by atoms with Crippen molar-refractivity contribution in [1.29, 1.82) is 0 Å². The van der Waals surface area contributed by atoms with Crippen LogP contribution in [0.15, 0.2) is 33.7 Å². The van der Waals surface area contributed by atoms with Crippen LogP contribution in [0.4, 0.5) is 0 Å². The molecule has 0 bridgehead atoms. The number of sulfonamides is 1. The first kappa shape index (κ1) is 19.2. The molecule has 1 unspecified atom stereocenters. The van der Waals surface area contributed by atoms with Crippen LogP contribution < -0.4 is 19.5 Å². The molecule has 9 nitrogen and oxygen atoms in total. The number of aryl methyl sites for hydroxylation is 2. The molecule has 2 aromatic rings. The Morgan fingerprint density at radius 2 is 2.00 bits per heavy atom. The average Bonchev–Trinajstić information content (AvgIpc) is 2.98. The van der Waals surface area contributed by atoms with E-state index in [0.29, 0.717) is 11.5 Å². The molecule has 0 aliphatic carbocycles. The predicted octanol–water partition coefficient (Wildman–Crippen LogP) is 0.914. The van der Waals surface area contributed by atoms with Crippen LogP contribution in [0, 0.1) is 13.8 Å². The van der Waals surface area contributed by atoms with Crippen molar-refractivity contribution in [2.24, 2.45) is 0 Å². The van der Waals surface area contributed by atoms with Gasteiger partial charge in [-0.2, -0.15) is 4.72 Å². The van der Waals surface area contributed by atoms with E-state index in [0.717, 1.165) is 0 Å². The van der Waals surface area contributed by atoms with Gasteiger partial charge in [-0.15, -0.1) is 0 Å². The van der Waals surface area contributed by atoms with Crippen LogP contribution >= 0.6 is 0 Å². The predicted molar refractivity (Wildman–Crippen MR) is 95.1 cm³/mol. The van der Waals surface area contributed by atoms with Gasteiger partial charge in [-0.05, 0) is 32.9 Å². The molecule has 2 N–H and O–H groups in total. The molecule has 0 fully saturated rings. The number of fused-ring (bicyclic) bond motifs is 1. The maximum Gasteiger partial charge on any atom is 0.246 e. The summed E-state index contributed by atoms with van der Waals surface area (Å²) >= 11 is 0. The van der Waals surface area contributed by atoms with Crippen molar-refractivity contribution in [1.82, 2.24) is 15.2 Å². The number of carbonyl (C=O) groups excluding carboxylic acids is 1. The van der Waals surface area contributed by atoms with E-state index in [2.05, 4.69) is 15.2 Å². The van der Waals surface area contributed by atoms with Gasteiger partial charge in [0.1, 0.15) is 23.3 Å². The zero-order chi connectivity index (χ0) is 19.6. The lowest BCUT2D eigenvalue weighted by molar-refractivity contribution is -0.122. The number of hydrogen-bond acceptors (Lipinski definition) is 7. The Hall–Kier alpha value is -2.59. The molecule has 0 saturated heterocycles. The quantitative estimate of drug-likeness (QED) is 0.746. The van der Waals surface area contributed by atoms with Crippen molar-refractivity contribution in [3.05, 3.63) is 35.7 Å². The van der Waals surface area contributed by atoms with Crippen molar-refractivity contribution in [2.75, 3.05) is 13.2 Å². The van der Waals surface area contributed by atoms with E-state index in [-0.39, 0.29) is 35.6 Å². The second kappa shape index (κ2) is 7.57. The Bertz CT molecular complexity index is 920. The summed E-state index contributed by atoms with van der Waals surface area (Å²) < 4.78 is 43.5. The number of nitrogens with one attached hydrogen (secondary N) is 2. The molecule has 2 heterocycles. The molecule has 27 heavy (non-hydrogen) atoms. The van der Waals surface area contributed by atoms with Gasteiger partial charge in [-0.1, -0.05) is 17.3 Å². The zero-order valence-corrected chi connectivity index (χ0v) is 16.0. The number of ether oxygens (including phenoxy) is 2. The normalized spacial score (nSPS) is 17.4. The lowest BCUT2D eigenvalue weighted by Gasteiger charge is -2.27. The van der Waals surface area contributed by atoms with E-state index in [9.17, 15) is 13.2 Å². The molecule has 1 aliphatic rings. The molecule has 1 aromatic carbocycles. The van der Waals surface area contributed by atoms with Crippen molar-refractivity contribution in [2.45, 2.75) is 37.8 Å². The molecular formula is C17H21N3O6S. The highest BCUT2D eigenvalue weighted by Gasteiger charge is 2.29. The summed E-state index contributed by atoms with van der Waals surface area (Å²) in [5.74, 6) is 0.947. The van der Waals surface area contributed by atoms with Gasteiger partial charge in [-0.3, -0.25) is 4.79 Å². The number of hydrogen-bond donors (Lipinski definition) is 2. The van der Waals surface area contributed by atoms with E-state index in [4.69, 9.17) is 14.0 Å². The minimum atomic E-state index is -3.93. The van der Waals surface area contributed by atoms with Gasteiger partial charge in [0.05, 0.1) is 12.6 Å². The summed E-state index contributed by atoms with van der Waals surface area (Å²) in [7, 11) is -3.93. The number of benzene rings is 1. The van der Waals surface area contributed by atoms with Crippen LogP contribution in [0.3, 0.4) is 0 Å². The molecule has 10 heteroatoms. The molecule has 0 spiro atoms. The van der Waals surface area contributed by atoms with E-state index in [1.807, 2.05) is 12.1 Å². The van der Waals surface area contributed by atoms with Gasteiger partial charge in [0.15, 0.2) is 17.3 Å². The monoisotopic (exact) mass is 395 g/mol. The van der Waals surface area contributed by atoms with Crippen LogP contribution in [-0.4, -0.2) is 44.8 Å². The first-order chi connectivity index (χ1) is 12.8. The highest BCUT2D eigenvalue weighted by molar-refractivity contribution is 7.89. The summed E-state index contributed by atoms with van der Waals surface area (Å²) in [5.41, 5.74) is 0.235. The Balaban J connectivity index is 1.56. The number of carbonyl (C=O) groups is 1. The summed E-state index contributed by atoms with van der Waals surface area (Å²) in [4.78, 5) is 12.2. The molecule has 1 amide bonds. The third kappa shape index (κ3) is 4.22.